The van der Waals surface area contributed by atoms with Gasteiger partial charge in [-0.05, 0) is 43.4 Å². The van der Waals surface area contributed by atoms with Gasteiger partial charge in [0.1, 0.15) is 17.6 Å². The first kappa shape index (κ1) is 47.5. The summed E-state index contributed by atoms with van der Waals surface area (Å²) in [5.74, 6) is -3.55. The summed E-state index contributed by atoms with van der Waals surface area (Å²) in [7, 11) is 9.30. The Kier molecular flexibility index (Phi) is 19.1. The van der Waals surface area contributed by atoms with Gasteiger partial charge in [0.25, 0.3) is 0 Å². The third-order valence-corrected chi connectivity index (χ3v) is 11.0. The maximum atomic E-state index is 14.5. The predicted molar refractivity (Wildman–Crippen MR) is 207 cm³/mol. The fourth-order valence-electron chi connectivity index (χ4n) is 7.47. The quantitative estimate of drug-likeness (QED) is 0.149. The molecule has 0 saturated carbocycles. The molecule has 3 N–H and O–H groups in total. The van der Waals surface area contributed by atoms with Gasteiger partial charge in [-0.2, -0.15) is 0 Å². The fraction of sp³-hybridized carbons (Fsp3) is 0.725. The van der Waals surface area contributed by atoms with Crippen molar-refractivity contribution in [1.29, 1.82) is 0 Å². The molecule has 15 heteroatoms. The highest BCUT2D eigenvalue weighted by atomic mass is 19.1. The number of amides is 4. The van der Waals surface area contributed by atoms with Crippen LogP contribution in [-0.4, -0.2) is 137 Å². The number of hydrogen-bond acceptors (Lipinski definition) is 10. The van der Waals surface area contributed by atoms with E-state index in [0.29, 0.717) is 12.8 Å². The van der Waals surface area contributed by atoms with Gasteiger partial charge in [0, 0.05) is 41.0 Å². The molecule has 1 aromatic rings. The molecule has 55 heavy (non-hydrogen) atoms. The zero-order valence-electron chi connectivity index (χ0n) is 35.1. The Hall–Kier alpha value is -3.66. The van der Waals surface area contributed by atoms with Crippen LogP contribution in [-0.2, 0) is 33.4 Å². The number of Topliss-reactive ketones (excluding diaryl/α,β-unsaturated/α-hetero) is 1. The molecule has 4 amide bonds. The van der Waals surface area contributed by atoms with Crippen LogP contribution in [0.4, 0.5) is 4.39 Å². The number of ketones is 1. The van der Waals surface area contributed by atoms with Gasteiger partial charge in [0.05, 0.1) is 68.0 Å². The molecule has 1 heterocycles. The van der Waals surface area contributed by atoms with Gasteiger partial charge in [-0.15, -0.1) is 0 Å². The summed E-state index contributed by atoms with van der Waals surface area (Å²) in [6.45, 7) is 13.1. The first-order valence-electron chi connectivity index (χ1n) is 19.2. The third-order valence-electron chi connectivity index (χ3n) is 11.0. The van der Waals surface area contributed by atoms with Gasteiger partial charge >= 0.3 is 0 Å². The van der Waals surface area contributed by atoms with Crippen molar-refractivity contribution in [1.82, 2.24) is 25.8 Å². The maximum Gasteiger partial charge on any atom is 0.245 e. The van der Waals surface area contributed by atoms with E-state index < -0.39 is 66.3 Å². The lowest BCUT2D eigenvalue weighted by molar-refractivity contribution is -0.147. The number of rotatable bonds is 22. The Morgan fingerprint density at radius 1 is 0.945 bits per heavy atom. The fourth-order valence-corrected chi connectivity index (χ4v) is 7.47. The Morgan fingerprint density at radius 3 is 2.07 bits per heavy atom. The smallest absolute Gasteiger partial charge is 0.245 e. The summed E-state index contributed by atoms with van der Waals surface area (Å²) in [4.78, 5) is 71.1. The minimum absolute atomic E-state index is 0.00447. The van der Waals surface area contributed by atoms with E-state index in [9.17, 15) is 28.4 Å². The second kappa shape index (κ2) is 22.2. The van der Waals surface area contributed by atoms with Crippen LogP contribution in [0.15, 0.2) is 18.2 Å². The van der Waals surface area contributed by atoms with Crippen LogP contribution in [0.25, 0.3) is 0 Å². The first-order chi connectivity index (χ1) is 25.9. The molecule has 9 atom stereocenters. The first-order valence-corrected chi connectivity index (χ1v) is 19.2. The van der Waals surface area contributed by atoms with Gasteiger partial charge in [-0.1, -0.05) is 54.9 Å². The number of likely N-dealkylation sites (tertiary alicyclic amines) is 1. The molecule has 1 fully saturated rings. The van der Waals surface area contributed by atoms with Crippen molar-refractivity contribution >= 4 is 29.4 Å². The largest absolute Gasteiger partial charge is 0.497 e. The standard InChI is InChI=1S/C40H66FN5O9/c1-14-24(6)36(45(9)40(51)35(23(4)5)44-39(50)34(42-8)22(2)3)32(54-12)19-33(48)46-21-27(53-11)18-30(46)37(55-13)25(7)38(49)43-20-31(47)28-16-15-26(52-10)17-29(28)41/h15-17,22-25,27,30,32,34-37,42H,14,18-21H2,1-13H3,(H,43,49)(H,44,50)/t24-,25+,27+,30-,32+,34-,35-,36-,37+/m0/s1. The second-order valence-corrected chi connectivity index (χ2v) is 15.2. The molecular formula is C40H66FN5O9. The Labute approximate surface area is 326 Å². The van der Waals surface area contributed by atoms with Crippen LogP contribution in [0.1, 0.15) is 78.1 Å². The van der Waals surface area contributed by atoms with E-state index in [1.165, 1.54) is 33.5 Å². The SMILES string of the molecule is CC[C@H](C)[C@@H]([C@@H](CC(=O)N1C[C@H](OC)C[C@H]1[C@H](OC)[C@@H](C)C(=O)NCC(=O)c1ccc(OC)cc1F)OC)N(C)C(=O)[C@@H](NC(=O)[C@@H](NC)C(C)C)C(C)C. The summed E-state index contributed by atoms with van der Waals surface area (Å²) in [6.07, 6.45) is -0.834. The lowest BCUT2D eigenvalue weighted by atomic mass is 9.89. The lowest BCUT2D eigenvalue weighted by Crippen LogP contribution is -2.59. The highest BCUT2D eigenvalue weighted by Crippen LogP contribution is 2.31. The average Bonchev–Trinajstić information content (AvgIpc) is 3.59. The topological polar surface area (TPSA) is 165 Å². The highest BCUT2D eigenvalue weighted by Gasteiger charge is 2.45. The summed E-state index contributed by atoms with van der Waals surface area (Å²) < 4.78 is 37.0. The van der Waals surface area contributed by atoms with Crippen molar-refractivity contribution in [3.8, 4) is 5.75 Å². The number of carbonyl (C=O) groups is 5. The van der Waals surface area contributed by atoms with E-state index in [1.807, 2.05) is 41.5 Å². The zero-order valence-corrected chi connectivity index (χ0v) is 35.1. The Balaban J connectivity index is 2.30. The molecule has 1 saturated heterocycles. The van der Waals surface area contributed by atoms with Crippen LogP contribution in [0.2, 0.25) is 0 Å². The van der Waals surface area contributed by atoms with Gasteiger partial charge in [0.15, 0.2) is 5.78 Å². The monoisotopic (exact) mass is 779 g/mol. The van der Waals surface area contributed by atoms with E-state index in [-0.39, 0.29) is 65.9 Å². The summed E-state index contributed by atoms with van der Waals surface area (Å²) >= 11 is 0. The van der Waals surface area contributed by atoms with Crippen molar-refractivity contribution in [3.05, 3.63) is 29.6 Å². The minimum atomic E-state index is -0.814. The van der Waals surface area contributed by atoms with Gasteiger partial charge in [0.2, 0.25) is 23.6 Å². The molecule has 0 spiro atoms. The number of ether oxygens (including phenoxy) is 4. The molecule has 1 aliphatic heterocycles. The van der Waals surface area contributed by atoms with Crippen molar-refractivity contribution in [2.45, 2.75) is 110 Å². The van der Waals surface area contributed by atoms with E-state index in [2.05, 4.69) is 16.0 Å². The molecule has 0 unspecified atom stereocenters. The van der Waals surface area contributed by atoms with Crippen molar-refractivity contribution in [2.24, 2.45) is 23.7 Å². The minimum Gasteiger partial charge on any atom is -0.497 e. The molecule has 0 aromatic heterocycles. The molecule has 1 aromatic carbocycles. The normalized spacial score (nSPS) is 19.6. The Morgan fingerprint density at radius 2 is 1.58 bits per heavy atom. The van der Waals surface area contributed by atoms with Gasteiger partial charge < -0.3 is 44.7 Å². The number of halogens is 1. The second-order valence-electron chi connectivity index (χ2n) is 15.2. The van der Waals surface area contributed by atoms with Crippen LogP contribution >= 0.6 is 0 Å². The van der Waals surface area contributed by atoms with Crippen molar-refractivity contribution in [2.75, 3.05) is 55.6 Å². The number of nitrogens with one attached hydrogen (secondary N) is 3. The van der Waals surface area contributed by atoms with E-state index in [1.54, 1.807) is 37.9 Å². The third kappa shape index (κ3) is 12.2. The Bertz CT molecular complexity index is 1450. The number of hydrogen-bond donors (Lipinski definition) is 3. The number of methoxy groups -OCH3 is 4. The molecular weight excluding hydrogens is 713 g/mol. The number of benzene rings is 1. The predicted octanol–water partition coefficient (Wildman–Crippen LogP) is 3.06. The molecule has 1 aliphatic rings. The summed E-state index contributed by atoms with van der Waals surface area (Å²) in [6, 6.07) is 1.49. The molecule has 14 nitrogen and oxygen atoms in total. The van der Waals surface area contributed by atoms with Crippen LogP contribution in [0.3, 0.4) is 0 Å². The van der Waals surface area contributed by atoms with Crippen LogP contribution in [0, 0.1) is 29.5 Å². The summed E-state index contributed by atoms with van der Waals surface area (Å²) in [5, 5.41) is 8.59. The molecule has 0 radical (unpaired) electrons. The molecule has 0 aliphatic carbocycles. The summed E-state index contributed by atoms with van der Waals surface area (Å²) in [5.41, 5.74) is -0.179. The number of nitrogens with zero attached hydrogens (tertiary/aromatic N) is 2. The van der Waals surface area contributed by atoms with Crippen LogP contribution in [0.5, 0.6) is 5.75 Å². The highest BCUT2D eigenvalue weighted by molar-refractivity contribution is 6.00. The van der Waals surface area contributed by atoms with Crippen LogP contribution < -0.4 is 20.7 Å². The van der Waals surface area contributed by atoms with Gasteiger partial charge in [-0.25, -0.2) is 4.39 Å². The van der Waals surface area contributed by atoms with Crippen molar-refractivity contribution in [3.63, 3.8) is 0 Å². The van der Waals surface area contributed by atoms with E-state index >= 15 is 0 Å². The molecule has 0 bridgehead atoms. The maximum absolute atomic E-state index is 14.5. The van der Waals surface area contributed by atoms with Gasteiger partial charge in [-0.3, -0.25) is 24.0 Å². The molecule has 312 valence electrons. The number of likely N-dealkylation sites (N-methyl/N-ethyl adjacent to an activating group) is 2. The van der Waals surface area contributed by atoms with E-state index in [4.69, 9.17) is 18.9 Å². The molecule has 2 rings (SSSR count). The van der Waals surface area contributed by atoms with E-state index in [0.717, 1.165) is 6.07 Å². The number of carbonyl (C=O) groups excluding carboxylic acids is 5. The average molecular weight is 780 g/mol. The zero-order chi connectivity index (χ0) is 41.7. The lowest BCUT2D eigenvalue weighted by Gasteiger charge is -2.41. The van der Waals surface area contributed by atoms with Crippen molar-refractivity contribution < 1.29 is 47.3 Å².